The summed E-state index contributed by atoms with van der Waals surface area (Å²) < 4.78 is 12.5. The highest BCUT2D eigenvalue weighted by Crippen LogP contribution is 2.37. The predicted octanol–water partition coefficient (Wildman–Crippen LogP) is 15.5. The number of para-hydroxylation sites is 2. The Balaban J connectivity index is 0.921. The maximum absolute atomic E-state index is 6.30. The van der Waals surface area contributed by atoms with Gasteiger partial charge in [0.05, 0.1) is 0 Å². The highest BCUT2D eigenvalue weighted by molar-refractivity contribution is 6.09. The molecule has 0 saturated carbocycles. The van der Waals surface area contributed by atoms with Gasteiger partial charge in [0, 0.05) is 38.2 Å². The van der Waals surface area contributed by atoms with Crippen molar-refractivity contribution < 1.29 is 8.83 Å². The molecule has 5 nitrogen and oxygen atoms in total. The van der Waals surface area contributed by atoms with E-state index in [0.717, 1.165) is 71.7 Å². The van der Waals surface area contributed by atoms with E-state index in [2.05, 4.69) is 146 Å². The lowest BCUT2D eigenvalue weighted by atomic mass is 9.94. The van der Waals surface area contributed by atoms with Crippen LogP contribution in [0.15, 0.2) is 209 Å². The highest BCUT2D eigenvalue weighted by atomic mass is 16.3. The van der Waals surface area contributed by atoms with Gasteiger partial charge in [-0.3, -0.25) is 0 Å². The molecule has 10 aromatic carbocycles. The van der Waals surface area contributed by atoms with Gasteiger partial charge in [0.25, 0.3) is 0 Å². The zero-order valence-corrected chi connectivity index (χ0v) is 33.2. The van der Waals surface area contributed by atoms with Crippen LogP contribution in [0, 0.1) is 0 Å². The molecule has 0 atom stereocenters. The third-order valence-corrected chi connectivity index (χ3v) is 12.3. The standard InChI is InChI=1S/C57H33N3O2/c1-2-11-45-35(8-1)18-19-36-20-23-40(31-49(36)45)39-22-17-34-16-21-38(29-44(34)30-39)37-9-7-10-41(28-37)55-58-56(42-25-27-53-50(32-42)47-13-4-6-15-52(47)61-53)60-57(59-55)43-24-26-48-46-12-3-5-14-51(46)62-54(48)33-43/h1-33H. The number of fused-ring (bicyclic) bond motifs is 10. The molecular formula is C57H33N3O2. The van der Waals surface area contributed by atoms with Crippen molar-refractivity contribution in [1.82, 2.24) is 15.0 Å². The van der Waals surface area contributed by atoms with E-state index in [1.54, 1.807) is 0 Å². The van der Waals surface area contributed by atoms with E-state index in [9.17, 15) is 0 Å². The number of aromatic nitrogens is 3. The molecule has 0 spiro atoms. The summed E-state index contributed by atoms with van der Waals surface area (Å²) in [5.41, 5.74) is 10.5. The van der Waals surface area contributed by atoms with Crippen LogP contribution in [0.5, 0.6) is 0 Å². The van der Waals surface area contributed by atoms with Crippen LogP contribution in [-0.2, 0) is 0 Å². The summed E-state index contributed by atoms with van der Waals surface area (Å²) >= 11 is 0. The second-order valence-corrected chi connectivity index (χ2v) is 16.0. The molecule has 0 amide bonds. The smallest absolute Gasteiger partial charge is 0.164 e. The zero-order chi connectivity index (χ0) is 40.7. The Bertz CT molecular complexity index is 3950. The van der Waals surface area contributed by atoms with Crippen molar-refractivity contribution in [3.8, 4) is 56.4 Å². The summed E-state index contributed by atoms with van der Waals surface area (Å²) in [7, 11) is 0. The monoisotopic (exact) mass is 791 g/mol. The predicted molar refractivity (Wildman–Crippen MR) is 254 cm³/mol. The largest absolute Gasteiger partial charge is 0.456 e. The maximum atomic E-state index is 6.30. The zero-order valence-electron chi connectivity index (χ0n) is 33.2. The van der Waals surface area contributed by atoms with E-state index in [4.69, 9.17) is 23.8 Å². The van der Waals surface area contributed by atoms with Gasteiger partial charge < -0.3 is 8.83 Å². The molecule has 288 valence electrons. The van der Waals surface area contributed by atoms with E-state index in [-0.39, 0.29) is 0 Å². The minimum absolute atomic E-state index is 0.565. The van der Waals surface area contributed by atoms with E-state index < -0.39 is 0 Å². The van der Waals surface area contributed by atoms with Gasteiger partial charge in [-0.2, -0.15) is 0 Å². The fraction of sp³-hybridized carbons (Fsp3) is 0. The van der Waals surface area contributed by atoms with Crippen molar-refractivity contribution in [3.63, 3.8) is 0 Å². The lowest BCUT2D eigenvalue weighted by Crippen LogP contribution is -2.00. The number of furan rings is 2. The van der Waals surface area contributed by atoms with Crippen LogP contribution in [0.1, 0.15) is 0 Å². The average Bonchev–Trinajstić information content (AvgIpc) is 3.91. The number of hydrogen-bond donors (Lipinski definition) is 0. The van der Waals surface area contributed by atoms with Crippen LogP contribution in [-0.4, -0.2) is 15.0 Å². The lowest BCUT2D eigenvalue weighted by molar-refractivity contribution is 0.668. The Morgan fingerprint density at radius 2 is 0.677 bits per heavy atom. The summed E-state index contributed by atoms with van der Waals surface area (Å²) in [4.78, 5) is 15.4. The second kappa shape index (κ2) is 13.6. The Kier molecular flexibility index (Phi) is 7.54. The first kappa shape index (κ1) is 34.5. The molecule has 5 heteroatoms. The third kappa shape index (κ3) is 5.67. The summed E-state index contributed by atoms with van der Waals surface area (Å²) in [6.45, 7) is 0. The molecule has 62 heavy (non-hydrogen) atoms. The van der Waals surface area contributed by atoms with Crippen LogP contribution in [0.3, 0.4) is 0 Å². The quantitative estimate of drug-likeness (QED) is 0.162. The molecule has 0 N–H and O–H groups in total. The van der Waals surface area contributed by atoms with Crippen molar-refractivity contribution in [3.05, 3.63) is 200 Å². The van der Waals surface area contributed by atoms with Crippen LogP contribution in [0.2, 0.25) is 0 Å². The van der Waals surface area contributed by atoms with Gasteiger partial charge in [0.15, 0.2) is 17.5 Å². The summed E-state index contributed by atoms with van der Waals surface area (Å²) in [5, 5.41) is 11.6. The first-order valence-electron chi connectivity index (χ1n) is 20.8. The first-order chi connectivity index (χ1) is 30.6. The van der Waals surface area contributed by atoms with E-state index in [1.807, 2.05) is 54.6 Å². The van der Waals surface area contributed by atoms with Gasteiger partial charge in [-0.25, -0.2) is 15.0 Å². The van der Waals surface area contributed by atoms with Gasteiger partial charge in [-0.05, 0) is 121 Å². The number of hydrogen-bond acceptors (Lipinski definition) is 5. The first-order valence-corrected chi connectivity index (χ1v) is 20.8. The number of nitrogens with zero attached hydrogens (tertiary/aromatic N) is 3. The van der Waals surface area contributed by atoms with Gasteiger partial charge >= 0.3 is 0 Å². The van der Waals surface area contributed by atoms with Crippen LogP contribution >= 0.6 is 0 Å². The molecule has 0 unspecified atom stereocenters. The van der Waals surface area contributed by atoms with E-state index in [1.165, 1.54) is 43.4 Å². The Morgan fingerprint density at radius 1 is 0.226 bits per heavy atom. The molecule has 0 aliphatic heterocycles. The Labute approximate surface area is 355 Å². The lowest BCUT2D eigenvalue weighted by Gasteiger charge is -2.11. The molecule has 0 aliphatic rings. The third-order valence-electron chi connectivity index (χ3n) is 12.3. The second-order valence-electron chi connectivity index (χ2n) is 16.0. The molecule has 13 rings (SSSR count). The maximum Gasteiger partial charge on any atom is 0.164 e. The van der Waals surface area contributed by atoms with Gasteiger partial charge in [0.1, 0.15) is 22.3 Å². The molecule has 13 aromatic rings. The van der Waals surface area contributed by atoms with Crippen LogP contribution < -0.4 is 0 Å². The van der Waals surface area contributed by atoms with E-state index in [0.29, 0.717) is 17.5 Å². The van der Waals surface area contributed by atoms with Crippen molar-refractivity contribution in [2.45, 2.75) is 0 Å². The van der Waals surface area contributed by atoms with Gasteiger partial charge in [-0.15, -0.1) is 0 Å². The number of rotatable bonds is 5. The topological polar surface area (TPSA) is 65.0 Å². The fourth-order valence-electron chi connectivity index (χ4n) is 9.12. The number of benzene rings is 10. The highest BCUT2D eigenvalue weighted by Gasteiger charge is 2.17. The molecule has 3 heterocycles. The summed E-state index contributed by atoms with van der Waals surface area (Å²) in [6.07, 6.45) is 0. The van der Waals surface area contributed by atoms with Crippen molar-refractivity contribution >= 4 is 76.2 Å². The van der Waals surface area contributed by atoms with Crippen LogP contribution in [0.25, 0.3) is 133 Å². The molecule has 0 aliphatic carbocycles. The van der Waals surface area contributed by atoms with Gasteiger partial charge in [0.2, 0.25) is 0 Å². The Morgan fingerprint density at radius 3 is 1.42 bits per heavy atom. The molecular weight excluding hydrogens is 759 g/mol. The van der Waals surface area contributed by atoms with Crippen molar-refractivity contribution in [1.29, 1.82) is 0 Å². The van der Waals surface area contributed by atoms with Crippen LogP contribution in [0.4, 0.5) is 0 Å². The normalized spacial score (nSPS) is 11.9. The minimum Gasteiger partial charge on any atom is -0.456 e. The molecule has 0 radical (unpaired) electrons. The SMILES string of the molecule is c1cc(-c2ccc3ccc(-c4ccc5ccc6ccccc6c5c4)cc3c2)cc(-c2nc(-c3ccc4c(c3)oc3ccccc34)nc(-c3ccc4oc5ccccc5c4c3)n2)c1. The molecule has 3 aromatic heterocycles. The molecule has 0 saturated heterocycles. The minimum atomic E-state index is 0.565. The average molecular weight is 792 g/mol. The van der Waals surface area contributed by atoms with Crippen molar-refractivity contribution in [2.75, 3.05) is 0 Å². The van der Waals surface area contributed by atoms with E-state index >= 15 is 0 Å². The summed E-state index contributed by atoms with van der Waals surface area (Å²) in [5.74, 6) is 1.72. The summed E-state index contributed by atoms with van der Waals surface area (Å²) in [6, 6.07) is 70.3. The fourth-order valence-corrected chi connectivity index (χ4v) is 9.12. The van der Waals surface area contributed by atoms with Crippen molar-refractivity contribution in [2.24, 2.45) is 0 Å². The van der Waals surface area contributed by atoms with Gasteiger partial charge in [-0.1, -0.05) is 133 Å². The molecule has 0 bridgehead atoms. The molecule has 0 fully saturated rings. The Hall–Kier alpha value is -8.41.